The minimum atomic E-state index is -1.54. The molecule has 284 valence electrons. The highest BCUT2D eigenvalue weighted by atomic mass is 35.5. The third-order valence-electron chi connectivity index (χ3n) is 12.2. The van der Waals surface area contributed by atoms with Gasteiger partial charge in [0, 0.05) is 22.1 Å². The van der Waals surface area contributed by atoms with E-state index in [-0.39, 0.29) is 30.3 Å². The minimum absolute atomic E-state index is 0.0537. The van der Waals surface area contributed by atoms with E-state index in [2.05, 4.69) is 5.43 Å². The Morgan fingerprint density at radius 2 is 1.49 bits per heavy atom. The summed E-state index contributed by atoms with van der Waals surface area (Å²) in [5.41, 5.74) is 5.48. The molecule has 0 spiro atoms. The number of nitrogens with zero attached hydrogens (tertiary/aromatic N) is 2. The highest BCUT2D eigenvalue weighted by molar-refractivity contribution is 6.30. The maximum absolute atomic E-state index is 15.3. The first-order valence-corrected chi connectivity index (χ1v) is 19.1. The van der Waals surface area contributed by atoms with Gasteiger partial charge in [0.25, 0.3) is 11.8 Å². The van der Waals surface area contributed by atoms with E-state index in [9.17, 15) is 28.7 Å². The maximum Gasteiger partial charge on any atom is 0.260 e. The summed E-state index contributed by atoms with van der Waals surface area (Å²) < 4.78 is 13.9. The summed E-state index contributed by atoms with van der Waals surface area (Å²) in [4.78, 5) is 73.4. The number of ketones is 1. The van der Waals surface area contributed by atoms with Gasteiger partial charge in [-0.25, -0.2) is 4.39 Å². The fourth-order valence-electron chi connectivity index (χ4n) is 9.66. The third-order valence-corrected chi connectivity index (χ3v) is 12.5. The number of aromatic hydroxyl groups is 1. The standard InChI is InChI=1S/C46H35ClFN3O6/c1-25-23-28(9-22-38(25)52)40-34-20-21-35-39(44(56)50(42(35)54)33-18-7-27(8-19-33)41(53)26-5-3-2-4-6-26)36(34)24-37-43(55)51(49-32-16-14-31(48)15-17-32)45(57)46(37,40)29-10-12-30(47)13-11-29/h2-20,22-23,35-37,39-40,49,52H,21,24H2,1H3. The Balaban J connectivity index is 1.15. The Bertz CT molecular complexity index is 2520. The number of anilines is 2. The van der Waals surface area contributed by atoms with Crippen LogP contribution in [0.5, 0.6) is 5.75 Å². The second kappa shape index (κ2) is 13.7. The predicted octanol–water partition coefficient (Wildman–Crippen LogP) is 7.91. The molecule has 6 unspecified atom stereocenters. The van der Waals surface area contributed by atoms with E-state index in [1.807, 2.05) is 12.1 Å². The van der Waals surface area contributed by atoms with Crippen LogP contribution in [0.3, 0.4) is 0 Å². The fourth-order valence-corrected chi connectivity index (χ4v) is 9.79. The van der Waals surface area contributed by atoms with Crippen LogP contribution in [0.1, 0.15) is 51.4 Å². The lowest BCUT2D eigenvalue weighted by Gasteiger charge is -2.50. The normalized spacial score (nSPS) is 25.2. The number of halogens is 2. The van der Waals surface area contributed by atoms with Crippen LogP contribution in [-0.2, 0) is 24.6 Å². The number of hydrogen-bond acceptors (Lipinski definition) is 7. The molecule has 57 heavy (non-hydrogen) atoms. The monoisotopic (exact) mass is 779 g/mol. The molecule has 2 saturated heterocycles. The summed E-state index contributed by atoms with van der Waals surface area (Å²) in [6.45, 7) is 1.75. The molecule has 9 nitrogen and oxygen atoms in total. The molecule has 0 radical (unpaired) electrons. The van der Waals surface area contributed by atoms with E-state index in [0.29, 0.717) is 44.2 Å². The van der Waals surface area contributed by atoms with Crippen molar-refractivity contribution in [1.82, 2.24) is 5.01 Å². The number of aryl methyl sites for hydroxylation is 1. The molecule has 5 aromatic carbocycles. The molecule has 1 saturated carbocycles. The molecule has 4 amide bonds. The highest BCUT2D eigenvalue weighted by Gasteiger charge is 2.70. The van der Waals surface area contributed by atoms with Crippen molar-refractivity contribution in [3.63, 3.8) is 0 Å². The van der Waals surface area contributed by atoms with Gasteiger partial charge in [-0.05, 0) is 109 Å². The van der Waals surface area contributed by atoms with Crippen molar-refractivity contribution in [3.05, 3.63) is 172 Å². The predicted molar refractivity (Wildman–Crippen MR) is 211 cm³/mol. The van der Waals surface area contributed by atoms with Crippen LogP contribution in [-0.4, -0.2) is 39.5 Å². The first-order valence-electron chi connectivity index (χ1n) is 18.7. The summed E-state index contributed by atoms with van der Waals surface area (Å²) in [7, 11) is 0. The van der Waals surface area contributed by atoms with Crippen molar-refractivity contribution in [2.75, 3.05) is 10.3 Å². The number of carbonyl (C=O) groups excluding carboxylic acids is 5. The molecule has 0 bridgehead atoms. The molecule has 6 atom stereocenters. The zero-order valence-corrected chi connectivity index (χ0v) is 31.3. The molecule has 2 aliphatic heterocycles. The maximum atomic E-state index is 15.3. The van der Waals surface area contributed by atoms with E-state index in [1.165, 1.54) is 29.2 Å². The Labute approximate surface area is 332 Å². The largest absolute Gasteiger partial charge is 0.508 e. The van der Waals surface area contributed by atoms with Crippen LogP contribution in [0, 0.1) is 36.4 Å². The Morgan fingerprint density at radius 1 is 0.807 bits per heavy atom. The topological polar surface area (TPSA) is 124 Å². The first-order chi connectivity index (χ1) is 27.5. The molecule has 4 aliphatic rings. The number of allylic oxidation sites excluding steroid dienone is 2. The lowest BCUT2D eigenvalue weighted by Crippen LogP contribution is -2.53. The van der Waals surface area contributed by atoms with Gasteiger partial charge < -0.3 is 5.11 Å². The van der Waals surface area contributed by atoms with Gasteiger partial charge in [0.2, 0.25) is 11.8 Å². The van der Waals surface area contributed by atoms with Gasteiger partial charge >= 0.3 is 0 Å². The fraction of sp³-hybridized carbons (Fsp3) is 0.196. The summed E-state index contributed by atoms with van der Waals surface area (Å²) in [6.07, 6.45) is 2.25. The molecule has 5 aromatic rings. The Morgan fingerprint density at radius 3 is 2.18 bits per heavy atom. The molecule has 2 heterocycles. The molecule has 2 N–H and O–H groups in total. The van der Waals surface area contributed by atoms with Crippen LogP contribution in [0.15, 0.2) is 133 Å². The van der Waals surface area contributed by atoms with Gasteiger partial charge in [-0.2, -0.15) is 5.01 Å². The van der Waals surface area contributed by atoms with Gasteiger partial charge in [0.1, 0.15) is 11.6 Å². The van der Waals surface area contributed by atoms with Gasteiger partial charge in [-0.3, -0.25) is 34.3 Å². The molecule has 2 aliphatic carbocycles. The summed E-state index contributed by atoms with van der Waals surface area (Å²) in [5.74, 6) is -6.48. The number of carbonyl (C=O) groups is 5. The number of hydrazine groups is 1. The first kappa shape index (κ1) is 36.3. The zero-order chi connectivity index (χ0) is 39.7. The number of hydrogen-bond donors (Lipinski definition) is 2. The summed E-state index contributed by atoms with van der Waals surface area (Å²) >= 11 is 6.38. The highest BCUT2D eigenvalue weighted by Crippen LogP contribution is 2.64. The van der Waals surface area contributed by atoms with Crippen molar-refractivity contribution in [1.29, 1.82) is 0 Å². The number of nitrogens with one attached hydrogen (secondary N) is 1. The van der Waals surface area contributed by atoms with Crippen molar-refractivity contribution in [2.45, 2.75) is 31.1 Å². The average molecular weight is 780 g/mol. The van der Waals surface area contributed by atoms with E-state index in [4.69, 9.17) is 11.6 Å². The third kappa shape index (κ3) is 5.61. The van der Waals surface area contributed by atoms with Gasteiger partial charge in [-0.15, -0.1) is 0 Å². The molecular weight excluding hydrogens is 745 g/mol. The molecule has 9 rings (SSSR count). The van der Waals surface area contributed by atoms with E-state index < -0.39 is 58.5 Å². The number of phenols is 1. The quantitative estimate of drug-likeness (QED) is 0.0978. The van der Waals surface area contributed by atoms with Crippen LogP contribution < -0.4 is 10.3 Å². The molecular formula is C46H35ClFN3O6. The van der Waals surface area contributed by atoms with E-state index in [0.717, 1.165) is 10.6 Å². The lowest BCUT2D eigenvalue weighted by molar-refractivity contribution is -0.138. The van der Waals surface area contributed by atoms with Gasteiger partial charge in [0.05, 0.1) is 34.5 Å². The second-order valence-corrected chi connectivity index (χ2v) is 15.6. The second-order valence-electron chi connectivity index (χ2n) is 15.2. The lowest BCUT2D eigenvalue weighted by atomic mass is 9.49. The number of rotatable bonds is 7. The number of amides is 4. The van der Waals surface area contributed by atoms with Gasteiger partial charge in [0.15, 0.2) is 5.78 Å². The zero-order valence-electron chi connectivity index (χ0n) is 30.6. The molecule has 0 aromatic heterocycles. The van der Waals surface area contributed by atoms with Crippen LogP contribution >= 0.6 is 11.6 Å². The SMILES string of the molecule is Cc1cc(C2C3=CCC4C(=O)N(c5ccc(C(=O)c6ccccc6)cc5)C(=O)C4C3CC3C(=O)N(Nc4ccc(F)cc4)C(=O)C32c2ccc(Cl)cc2)ccc1O. The Kier molecular flexibility index (Phi) is 8.69. The number of imide groups is 2. The number of phenolic OH excluding ortho intramolecular Hbond substituents is 1. The Hall–Kier alpha value is -6.39. The van der Waals surface area contributed by atoms with Crippen LogP contribution in [0.25, 0.3) is 0 Å². The minimum Gasteiger partial charge on any atom is -0.508 e. The van der Waals surface area contributed by atoms with Crippen molar-refractivity contribution < 1.29 is 33.5 Å². The molecule has 3 fully saturated rings. The smallest absolute Gasteiger partial charge is 0.260 e. The van der Waals surface area contributed by atoms with E-state index in [1.54, 1.807) is 97.9 Å². The van der Waals surface area contributed by atoms with Gasteiger partial charge in [-0.1, -0.05) is 77.8 Å². The van der Waals surface area contributed by atoms with Crippen LogP contribution in [0.2, 0.25) is 5.02 Å². The average Bonchev–Trinajstić information content (AvgIpc) is 3.60. The van der Waals surface area contributed by atoms with E-state index >= 15 is 4.79 Å². The van der Waals surface area contributed by atoms with Crippen LogP contribution in [0.4, 0.5) is 15.8 Å². The molecule has 11 heteroatoms. The van der Waals surface area contributed by atoms with Crippen molar-refractivity contribution >= 4 is 52.4 Å². The number of fused-ring (bicyclic) bond motifs is 4. The van der Waals surface area contributed by atoms with Crippen molar-refractivity contribution in [2.24, 2.45) is 23.7 Å². The summed E-state index contributed by atoms with van der Waals surface area (Å²) in [5, 5.41) is 12.0. The summed E-state index contributed by atoms with van der Waals surface area (Å²) in [6, 6.07) is 32.4. The van der Waals surface area contributed by atoms with Crippen molar-refractivity contribution in [3.8, 4) is 5.75 Å². The number of benzene rings is 5.